The first-order valence-corrected chi connectivity index (χ1v) is 6.77. The summed E-state index contributed by atoms with van der Waals surface area (Å²) in [5.74, 6) is 0. The van der Waals surface area contributed by atoms with E-state index in [9.17, 15) is 11.5 Å². The summed E-state index contributed by atoms with van der Waals surface area (Å²) in [5.41, 5.74) is 0. The van der Waals surface area contributed by atoms with E-state index < -0.39 is 31.3 Å². The van der Waals surface area contributed by atoms with Crippen molar-refractivity contribution in [2.24, 2.45) is 0 Å². The van der Waals surface area contributed by atoms with Crippen LogP contribution in [0.2, 0.25) is 5.02 Å². The highest BCUT2D eigenvalue weighted by molar-refractivity contribution is 14.1. The Labute approximate surface area is 90.3 Å². The quantitative estimate of drug-likeness (QED) is 0.664. The second-order valence-electron chi connectivity index (χ2n) is 2.13. The summed E-state index contributed by atoms with van der Waals surface area (Å²) < 4.78 is 40.9. The molecule has 1 aromatic rings. The summed E-state index contributed by atoms with van der Waals surface area (Å²) in [6, 6.07) is 3.82. The number of hydrogen-bond acceptors (Lipinski definition) is 3. The van der Waals surface area contributed by atoms with E-state index in [0.717, 1.165) is 6.07 Å². The monoisotopic (exact) mass is 334 g/mol. The lowest BCUT2D eigenvalue weighted by Gasteiger charge is -1.99. The average molecular weight is 335 g/mol. The van der Waals surface area contributed by atoms with Crippen LogP contribution < -0.4 is 0 Å². The maximum atomic E-state index is 10.7. The minimum atomic E-state index is -4.33. The lowest BCUT2D eigenvalue weighted by Crippen LogP contribution is -2.00. The van der Waals surface area contributed by atoms with Crippen molar-refractivity contribution >= 4 is 42.9 Å². The Morgan fingerprint density at radius 3 is 2.46 bits per heavy atom. The molecule has 0 aliphatic carbocycles. The van der Waals surface area contributed by atoms with Gasteiger partial charge in [0, 0.05) is 5.02 Å². The second-order valence-corrected chi connectivity index (χ2v) is 5.56. The van der Waals surface area contributed by atoms with Crippen LogP contribution in [-0.4, -0.2) is 13.0 Å². The normalized spacial score (nSPS) is 11.5. The molecule has 0 heterocycles. The van der Waals surface area contributed by atoms with E-state index in [4.69, 9.17) is 16.2 Å². The average Bonchev–Trinajstić information content (AvgIpc) is 2.03. The molecule has 0 saturated heterocycles. The first-order valence-electron chi connectivity index (χ1n) is 2.99. The van der Waals surface area contributed by atoms with Crippen molar-refractivity contribution < 1.29 is 16.0 Å². The Hall–Kier alpha value is -0.0500. The summed E-state index contributed by atoms with van der Waals surface area (Å²) in [6.45, 7) is 0. The van der Waals surface area contributed by atoms with Gasteiger partial charge in [0.2, 0.25) is 0 Å². The number of halogens is 2. The SMILES string of the molecule is O=Ic1ccc(Cl)cc1S(=O)(=O)O. The van der Waals surface area contributed by atoms with Gasteiger partial charge >= 0.3 is 0 Å². The van der Waals surface area contributed by atoms with E-state index in [0.29, 0.717) is 0 Å². The molecule has 0 fully saturated rings. The van der Waals surface area contributed by atoms with E-state index in [2.05, 4.69) is 0 Å². The van der Waals surface area contributed by atoms with Crippen LogP contribution in [0.25, 0.3) is 0 Å². The van der Waals surface area contributed by atoms with Crippen molar-refractivity contribution in [3.8, 4) is 0 Å². The lowest BCUT2D eigenvalue weighted by molar-refractivity contribution is 0.482. The van der Waals surface area contributed by atoms with Crippen LogP contribution in [0, 0.1) is 3.57 Å². The summed E-state index contributed by atoms with van der Waals surface area (Å²) in [5, 5.41) is 0.175. The third-order valence-corrected chi connectivity index (χ3v) is 4.16. The zero-order chi connectivity index (χ0) is 10.1. The molecule has 1 aromatic carbocycles. The highest BCUT2D eigenvalue weighted by Crippen LogP contribution is 2.24. The Bertz CT molecular complexity index is 442. The predicted molar refractivity (Wildman–Crippen MR) is 54.7 cm³/mol. The molecule has 7 heteroatoms. The van der Waals surface area contributed by atoms with E-state index >= 15 is 0 Å². The predicted octanol–water partition coefficient (Wildman–Crippen LogP) is 2.07. The van der Waals surface area contributed by atoms with Crippen molar-refractivity contribution in [1.29, 1.82) is 0 Å². The van der Waals surface area contributed by atoms with Crippen molar-refractivity contribution in [3.63, 3.8) is 0 Å². The molecule has 0 aromatic heterocycles. The molecular formula is C6H4ClIO4S. The number of benzene rings is 1. The lowest BCUT2D eigenvalue weighted by atomic mass is 10.4. The van der Waals surface area contributed by atoms with E-state index in [1.807, 2.05) is 0 Å². The molecule has 13 heavy (non-hydrogen) atoms. The van der Waals surface area contributed by atoms with Crippen molar-refractivity contribution in [2.75, 3.05) is 0 Å². The molecule has 0 radical (unpaired) electrons. The molecule has 0 aliphatic rings. The number of hydrogen-bond donors (Lipinski definition) is 1. The molecule has 0 amide bonds. The van der Waals surface area contributed by atoms with Gasteiger partial charge in [-0.3, -0.25) is 7.62 Å². The van der Waals surface area contributed by atoms with Gasteiger partial charge in [-0.2, -0.15) is 8.42 Å². The molecule has 0 atom stereocenters. The maximum absolute atomic E-state index is 10.7. The van der Waals surface area contributed by atoms with Crippen molar-refractivity contribution in [1.82, 2.24) is 0 Å². The van der Waals surface area contributed by atoms with E-state index in [-0.39, 0.29) is 13.5 Å². The molecule has 0 bridgehead atoms. The highest BCUT2D eigenvalue weighted by Gasteiger charge is 2.15. The zero-order valence-corrected chi connectivity index (χ0v) is 9.80. The fraction of sp³-hybridized carbons (Fsp3) is 0. The summed E-state index contributed by atoms with van der Waals surface area (Å²) in [7, 11) is -4.33. The Morgan fingerprint density at radius 1 is 1.38 bits per heavy atom. The third kappa shape index (κ3) is 2.70. The Kier molecular flexibility index (Phi) is 3.38. The minimum Gasteiger partial charge on any atom is -0.282 e. The van der Waals surface area contributed by atoms with Gasteiger partial charge in [0.25, 0.3) is 10.1 Å². The van der Waals surface area contributed by atoms with Gasteiger partial charge in [-0.1, -0.05) is 11.6 Å². The largest absolute Gasteiger partial charge is 0.295 e. The van der Waals surface area contributed by atoms with Gasteiger partial charge in [-0.15, -0.1) is 0 Å². The molecule has 0 saturated carbocycles. The molecule has 0 aliphatic heterocycles. The fourth-order valence-corrected chi connectivity index (χ4v) is 3.31. The van der Waals surface area contributed by atoms with Crippen LogP contribution in [0.3, 0.4) is 0 Å². The van der Waals surface area contributed by atoms with Gasteiger partial charge in [-0.05, 0) is 18.2 Å². The smallest absolute Gasteiger partial charge is 0.282 e. The van der Waals surface area contributed by atoms with E-state index in [1.54, 1.807) is 0 Å². The van der Waals surface area contributed by atoms with Crippen LogP contribution in [-0.2, 0) is 13.2 Å². The maximum Gasteiger partial charge on any atom is 0.295 e. The molecule has 0 unspecified atom stereocenters. The standard InChI is InChI=1S/C6H4ClIO4S/c7-4-1-2-5(8-9)6(3-4)13(10,11)12/h1-3H,(H,10,11,12). The van der Waals surface area contributed by atoms with Crippen molar-refractivity contribution in [2.45, 2.75) is 4.90 Å². The minimum absolute atomic E-state index is 0.116. The topological polar surface area (TPSA) is 71.4 Å². The van der Waals surface area contributed by atoms with Crippen LogP contribution in [0.4, 0.5) is 0 Å². The fourth-order valence-electron chi connectivity index (χ4n) is 0.739. The van der Waals surface area contributed by atoms with Crippen LogP contribution >= 0.6 is 32.8 Å². The summed E-state index contributed by atoms with van der Waals surface area (Å²) in [6.07, 6.45) is 0. The number of rotatable bonds is 2. The first kappa shape index (κ1) is 11.0. The van der Waals surface area contributed by atoms with E-state index in [1.165, 1.54) is 12.1 Å². The van der Waals surface area contributed by atoms with Gasteiger partial charge < -0.3 is 0 Å². The molecule has 1 rings (SSSR count). The first-order chi connectivity index (χ1) is 5.95. The Balaban J connectivity index is 3.50. The highest BCUT2D eigenvalue weighted by atomic mass is 127. The van der Waals surface area contributed by atoms with Crippen LogP contribution in [0.5, 0.6) is 0 Å². The van der Waals surface area contributed by atoms with Gasteiger partial charge in [-0.25, -0.2) is 0 Å². The zero-order valence-electron chi connectivity index (χ0n) is 6.07. The molecule has 1 N–H and O–H groups in total. The summed E-state index contributed by atoms with van der Waals surface area (Å²) in [4.78, 5) is -0.372. The summed E-state index contributed by atoms with van der Waals surface area (Å²) >= 11 is 3.88. The van der Waals surface area contributed by atoms with Gasteiger partial charge in [0.15, 0.2) is 21.2 Å². The second kappa shape index (κ2) is 3.99. The molecule has 0 spiro atoms. The van der Waals surface area contributed by atoms with Crippen LogP contribution in [0.15, 0.2) is 23.1 Å². The van der Waals surface area contributed by atoms with Crippen molar-refractivity contribution in [3.05, 3.63) is 26.8 Å². The molecular weight excluding hydrogens is 330 g/mol. The van der Waals surface area contributed by atoms with Gasteiger partial charge in [0.05, 0.1) is 3.57 Å². The Morgan fingerprint density at radius 2 is 2.00 bits per heavy atom. The molecule has 72 valence electrons. The van der Waals surface area contributed by atoms with Crippen LogP contribution in [0.1, 0.15) is 0 Å². The van der Waals surface area contributed by atoms with Gasteiger partial charge in [0.1, 0.15) is 4.90 Å². The third-order valence-electron chi connectivity index (χ3n) is 1.25. The molecule has 4 nitrogen and oxygen atoms in total.